The molecule has 2 amide bonds. The second-order valence-corrected chi connectivity index (χ2v) is 10.5. The molecule has 0 fully saturated rings. The van der Waals surface area contributed by atoms with Crippen LogP contribution >= 0.6 is 22.9 Å². The highest BCUT2D eigenvalue weighted by Crippen LogP contribution is 2.44. The predicted octanol–water partition coefficient (Wildman–Crippen LogP) is 7.12. The SMILES string of the molecule is Cc1ccc(NC(=O)N2Cc3c(sc4c3CCCC4)-n3cccc3C2C(C)C)c(Cl)c1. The first-order valence-corrected chi connectivity index (χ1v) is 12.3. The van der Waals surface area contributed by atoms with E-state index in [1.165, 1.54) is 39.5 Å². The minimum absolute atomic E-state index is 0.0157. The van der Waals surface area contributed by atoms with Gasteiger partial charge < -0.3 is 14.8 Å². The summed E-state index contributed by atoms with van der Waals surface area (Å²) in [4.78, 5) is 17.2. The molecular formula is C25H28ClN3OS. The van der Waals surface area contributed by atoms with E-state index in [0.717, 1.165) is 18.4 Å². The summed E-state index contributed by atoms with van der Waals surface area (Å²) in [6, 6.07) is 9.90. The van der Waals surface area contributed by atoms with Gasteiger partial charge in [0.05, 0.1) is 23.3 Å². The molecule has 0 saturated heterocycles. The Morgan fingerprint density at radius 3 is 2.77 bits per heavy atom. The lowest BCUT2D eigenvalue weighted by Gasteiger charge is -2.33. The molecule has 4 nitrogen and oxygen atoms in total. The van der Waals surface area contributed by atoms with Crippen molar-refractivity contribution in [1.82, 2.24) is 9.47 Å². The molecule has 162 valence electrons. The first kappa shape index (κ1) is 20.7. The second-order valence-electron chi connectivity index (χ2n) is 9.03. The number of aryl methyl sites for hydroxylation is 2. The van der Waals surface area contributed by atoms with Gasteiger partial charge >= 0.3 is 6.03 Å². The molecule has 1 atom stereocenters. The minimum Gasteiger partial charge on any atom is -0.311 e. The quantitative estimate of drug-likeness (QED) is 0.440. The van der Waals surface area contributed by atoms with Crippen molar-refractivity contribution in [1.29, 1.82) is 0 Å². The van der Waals surface area contributed by atoms with E-state index in [1.54, 1.807) is 0 Å². The summed E-state index contributed by atoms with van der Waals surface area (Å²) in [5.41, 5.74) is 5.71. The van der Waals surface area contributed by atoms with Gasteiger partial charge in [-0.2, -0.15) is 0 Å². The van der Waals surface area contributed by atoms with Crippen molar-refractivity contribution in [2.45, 2.75) is 59.0 Å². The fourth-order valence-electron chi connectivity index (χ4n) is 5.03. The molecule has 31 heavy (non-hydrogen) atoms. The third kappa shape index (κ3) is 3.58. The number of rotatable bonds is 2. The lowest BCUT2D eigenvalue weighted by molar-refractivity contribution is 0.161. The number of benzene rings is 1. The van der Waals surface area contributed by atoms with Crippen LogP contribution in [0.2, 0.25) is 5.02 Å². The molecule has 1 aliphatic heterocycles. The van der Waals surface area contributed by atoms with Gasteiger partial charge in [0.15, 0.2) is 0 Å². The summed E-state index contributed by atoms with van der Waals surface area (Å²) in [5, 5.41) is 4.96. The average molecular weight is 454 g/mol. The Morgan fingerprint density at radius 2 is 2.00 bits per heavy atom. The number of nitrogens with one attached hydrogen (secondary N) is 1. The summed E-state index contributed by atoms with van der Waals surface area (Å²) in [5.74, 6) is 0.276. The average Bonchev–Trinajstić information content (AvgIpc) is 3.31. The standard InChI is InChI=1S/C25H28ClN3OS/c1-15(2)23-21-8-6-12-28(21)24-18(17-7-4-5-9-22(17)31-24)14-29(23)25(30)27-20-11-10-16(3)13-19(20)26/h6,8,10-13,15,23H,4-5,7,9,14H2,1-3H3,(H,27,30). The molecule has 0 saturated carbocycles. The van der Waals surface area contributed by atoms with Gasteiger partial charge in [0.1, 0.15) is 5.00 Å². The highest BCUT2D eigenvalue weighted by Gasteiger charge is 2.36. The summed E-state index contributed by atoms with van der Waals surface area (Å²) in [6.07, 6.45) is 6.92. The van der Waals surface area contributed by atoms with Crippen molar-refractivity contribution >= 4 is 34.7 Å². The van der Waals surface area contributed by atoms with Gasteiger partial charge in [-0.1, -0.05) is 31.5 Å². The van der Waals surface area contributed by atoms with Crippen molar-refractivity contribution in [3.63, 3.8) is 0 Å². The number of thiophene rings is 1. The van der Waals surface area contributed by atoms with Crippen LogP contribution < -0.4 is 5.32 Å². The Balaban J connectivity index is 1.59. The van der Waals surface area contributed by atoms with Gasteiger partial charge in [0.2, 0.25) is 0 Å². The monoisotopic (exact) mass is 453 g/mol. The number of urea groups is 1. The molecule has 0 radical (unpaired) electrons. The van der Waals surface area contributed by atoms with Crippen molar-refractivity contribution in [2.24, 2.45) is 5.92 Å². The number of amides is 2. The number of aromatic nitrogens is 1. The van der Waals surface area contributed by atoms with E-state index < -0.39 is 0 Å². The van der Waals surface area contributed by atoms with E-state index in [1.807, 2.05) is 41.4 Å². The van der Waals surface area contributed by atoms with Crippen LogP contribution in [0.25, 0.3) is 5.00 Å². The van der Waals surface area contributed by atoms with E-state index in [4.69, 9.17) is 11.6 Å². The summed E-state index contributed by atoms with van der Waals surface area (Å²) in [6.45, 7) is 7.00. The predicted molar refractivity (Wildman–Crippen MR) is 129 cm³/mol. The molecule has 1 unspecified atom stereocenters. The van der Waals surface area contributed by atoms with Crippen LogP contribution in [0.1, 0.15) is 60.0 Å². The zero-order valence-electron chi connectivity index (χ0n) is 18.2. The van der Waals surface area contributed by atoms with Crippen molar-refractivity contribution < 1.29 is 4.79 Å². The van der Waals surface area contributed by atoms with Crippen LogP contribution in [0.3, 0.4) is 0 Å². The van der Waals surface area contributed by atoms with Crippen LogP contribution in [0, 0.1) is 12.8 Å². The zero-order chi connectivity index (χ0) is 21.7. The van der Waals surface area contributed by atoms with Crippen LogP contribution in [-0.4, -0.2) is 15.5 Å². The molecular weight excluding hydrogens is 426 g/mol. The van der Waals surface area contributed by atoms with E-state index in [0.29, 0.717) is 17.3 Å². The Hall–Kier alpha value is -2.24. The van der Waals surface area contributed by atoms with Crippen LogP contribution in [-0.2, 0) is 19.4 Å². The van der Waals surface area contributed by atoms with Gasteiger partial charge in [-0.05, 0) is 73.9 Å². The summed E-state index contributed by atoms with van der Waals surface area (Å²) >= 11 is 8.35. The van der Waals surface area contributed by atoms with Gasteiger partial charge in [-0.3, -0.25) is 0 Å². The van der Waals surface area contributed by atoms with E-state index in [2.05, 4.69) is 42.1 Å². The minimum atomic E-state index is -0.0965. The Morgan fingerprint density at radius 1 is 1.19 bits per heavy atom. The first-order chi connectivity index (χ1) is 14.9. The van der Waals surface area contributed by atoms with E-state index >= 15 is 0 Å². The molecule has 3 heterocycles. The van der Waals surface area contributed by atoms with Crippen molar-refractivity contribution in [3.05, 3.63) is 68.8 Å². The van der Waals surface area contributed by atoms with Crippen LogP contribution in [0.5, 0.6) is 0 Å². The van der Waals surface area contributed by atoms with Gasteiger partial charge in [-0.25, -0.2) is 4.79 Å². The molecule has 3 aromatic rings. The lowest BCUT2D eigenvalue weighted by Crippen LogP contribution is -2.39. The lowest BCUT2D eigenvalue weighted by atomic mass is 9.94. The normalized spacial score (nSPS) is 17.7. The van der Waals surface area contributed by atoms with Crippen molar-refractivity contribution in [2.75, 3.05) is 5.32 Å². The summed E-state index contributed by atoms with van der Waals surface area (Å²) < 4.78 is 2.33. The Bertz CT molecular complexity index is 1150. The largest absolute Gasteiger partial charge is 0.322 e. The third-order valence-corrected chi connectivity index (χ3v) is 8.13. The molecule has 5 rings (SSSR count). The van der Waals surface area contributed by atoms with E-state index in [9.17, 15) is 4.79 Å². The summed E-state index contributed by atoms with van der Waals surface area (Å²) in [7, 11) is 0. The zero-order valence-corrected chi connectivity index (χ0v) is 19.8. The van der Waals surface area contributed by atoms with Crippen LogP contribution in [0.15, 0.2) is 36.5 Å². The number of fused-ring (bicyclic) bond motifs is 5. The number of halogens is 1. The maximum Gasteiger partial charge on any atom is 0.322 e. The van der Waals surface area contributed by atoms with Gasteiger partial charge in [-0.15, -0.1) is 11.3 Å². The molecule has 0 bridgehead atoms. The maximum absolute atomic E-state index is 13.7. The maximum atomic E-state index is 13.7. The topological polar surface area (TPSA) is 37.3 Å². The number of anilines is 1. The molecule has 2 aromatic heterocycles. The smallest absolute Gasteiger partial charge is 0.311 e. The van der Waals surface area contributed by atoms with Crippen molar-refractivity contribution in [3.8, 4) is 5.00 Å². The number of hydrogen-bond donors (Lipinski definition) is 1. The molecule has 6 heteroatoms. The van der Waals surface area contributed by atoms with Crippen LogP contribution in [0.4, 0.5) is 10.5 Å². The second kappa shape index (κ2) is 8.03. The highest BCUT2D eigenvalue weighted by atomic mass is 35.5. The highest BCUT2D eigenvalue weighted by molar-refractivity contribution is 7.15. The fraction of sp³-hybridized carbons (Fsp3) is 0.400. The molecule has 0 spiro atoms. The Labute approximate surface area is 192 Å². The molecule has 1 aromatic carbocycles. The number of hydrogen-bond acceptors (Lipinski definition) is 2. The third-order valence-electron chi connectivity index (χ3n) is 6.48. The first-order valence-electron chi connectivity index (χ1n) is 11.1. The Kier molecular flexibility index (Phi) is 5.35. The number of nitrogens with zero attached hydrogens (tertiary/aromatic N) is 2. The fourth-order valence-corrected chi connectivity index (χ4v) is 6.72. The molecule has 1 N–H and O–H groups in total. The number of carbonyl (C=O) groups is 1. The van der Waals surface area contributed by atoms with E-state index in [-0.39, 0.29) is 18.0 Å². The molecule has 2 aliphatic rings. The molecule has 1 aliphatic carbocycles. The number of carbonyl (C=O) groups excluding carboxylic acids is 1. The van der Waals surface area contributed by atoms with Gasteiger partial charge in [0.25, 0.3) is 0 Å². The van der Waals surface area contributed by atoms with Gasteiger partial charge in [0, 0.05) is 22.3 Å².